The fourth-order valence-electron chi connectivity index (χ4n) is 5.67. The van der Waals surface area contributed by atoms with E-state index in [1.807, 2.05) is 34.1 Å². The molecule has 186 valence electrons. The Kier molecular flexibility index (Phi) is 5.83. The number of rotatable bonds is 4. The van der Waals surface area contributed by atoms with Gasteiger partial charge in [-0.15, -0.1) is 0 Å². The highest BCUT2D eigenvalue weighted by Gasteiger charge is 2.32. The number of aromatic nitrogens is 2. The van der Waals surface area contributed by atoms with Gasteiger partial charge in [-0.2, -0.15) is 0 Å². The third kappa shape index (κ3) is 4.19. The van der Waals surface area contributed by atoms with Gasteiger partial charge in [0.1, 0.15) is 23.6 Å². The molecule has 1 aliphatic carbocycles. The molecule has 0 spiro atoms. The molecule has 0 unspecified atom stereocenters. The summed E-state index contributed by atoms with van der Waals surface area (Å²) in [4.78, 5) is 40.8. The summed E-state index contributed by atoms with van der Waals surface area (Å²) in [6.07, 6.45) is 9.18. The molecule has 3 aliphatic heterocycles. The first-order valence-corrected chi connectivity index (χ1v) is 12.6. The van der Waals surface area contributed by atoms with Gasteiger partial charge in [0.15, 0.2) is 0 Å². The van der Waals surface area contributed by atoms with E-state index >= 15 is 0 Å². The lowest BCUT2D eigenvalue weighted by Gasteiger charge is -2.38. The zero-order valence-electron chi connectivity index (χ0n) is 20.4. The van der Waals surface area contributed by atoms with E-state index in [9.17, 15) is 9.59 Å². The van der Waals surface area contributed by atoms with Gasteiger partial charge in [-0.05, 0) is 60.6 Å². The van der Waals surface area contributed by atoms with Crippen LogP contribution in [0.5, 0.6) is 5.75 Å². The topological polar surface area (TPSA) is 90.9 Å². The molecule has 1 aromatic heterocycles. The number of nitrogens with one attached hydrogen (secondary N) is 1. The zero-order chi connectivity index (χ0) is 24.6. The van der Waals surface area contributed by atoms with Crippen LogP contribution in [0.3, 0.4) is 0 Å². The maximum atomic E-state index is 13.1. The third-order valence-corrected chi connectivity index (χ3v) is 7.71. The van der Waals surface area contributed by atoms with Crippen LogP contribution in [0.1, 0.15) is 35.3 Å². The molecule has 0 bridgehead atoms. The first-order valence-electron chi connectivity index (χ1n) is 12.6. The minimum absolute atomic E-state index is 0.0474. The number of nitrogens with zero attached hydrogens (tertiary/aromatic N) is 5. The highest BCUT2D eigenvalue weighted by Crippen LogP contribution is 2.30. The monoisotopic (exact) mass is 486 g/mol. The SMILES string of the molecule is COc1ccc2c(c1)CCN(C1CCN(c3cc(C(=O)N4CC5=C(CC=C5)C4)ncn3)CC1)C(=O)N2. The Labute approximate surface area is 210 Å². The van der Waals surface area contributed by atoms with Crippen LogP contribution in [0.4, 0.5) is 16.3 Å². The number of carbonyl (C=O) groups is 2. The molecule has 0 radical (unpaired) electrons. The van der Waals surface area contributed by atoms with E-state index < -0.39 is 0 Å². The van der Waals surface area contributed by atoms with E-state index in [2.05, 4.69) is 32.3 Å². The number of anilines is 2. The van der Waals surface area contributed by atoms with E-state index in [4.69, 9.17) is 4.74 Å². The van der Waals surface area contributed by atoms with Crippen molar-refractivity contribution < 1.29 is 14.3 Å². The molecule has 4 heterocycles. The van der Waals surface area contributed by atoms with Crippen molar-refractivity contribution in [2.75, 3.05) is 50.1 Å². The second-order valence-electron chi connectivity index (χ2n) is 9.77. The summed E-state index contributed by atoms with van der Waals surface area (Å²) in [7, 11) is 1.65. The maximum Gasteiger partial charge on any atom is 0.322 e. The van der Waals surface area contributed by atoms with Crippen molar-refractivity contribution in [3.8, 4) is 5.75 Å². The normalized spacial score (nSPS) is 19.8. The van der Waals surface area contributed by atoms with Crippen molar-refractivity contribution in [3.05, 3.63) is 65.1 Å². The summed E-state index contributed by atoms with van der Waals surface area (Å²) >= 11 is 0. The Morgan fingerprint density at radius 2 is 1.97 bits per heavy atom. The molecule has 1 N–H and O–H groups in total. The Morgan fingerprint density at radius 1 is 1.11 bits per heavy atom. The highest BCUT2D eigenvalue weighted by atomic mass is 16.5. The Morgan fingerprint density at radius 3 is 2.78 bits per heavy atom. The molecule has 0 atom stereocenters. The number of urea groups is 1. The van der Waals surface area contributed by atoms with Crippen LogP contribution < -0.4 is 15.0 Å². The first kappa shape index (κ1) is 22.6. The number of amides is 3. The van der Waals surface area contributed by atoms with Crippen molar-refractivity contribution in [1.82, 2.24) is 19.8 Å². The summed E-state index contributed by atoms with van der Waals surface area (Å²) in [6, 6.07) is 7.70. The van der Waals surface area contributed by atoms with Crippen molar-refractivity contribution in [2.24, 2.45) is 0 Å². The van der Waals surface area contributed by atoms with Gasteiger partial charge in [0.05, 0.1) is 7.11 Å². The second kappa shape index (κ2) is 9.29. The van der Waals surface area contributed by atoms with E-state index in [-0.39, 0.29) is 18.0 Å². The standard InChI is InChI=1S/C27H30N6O3/c1-36-22-5-6-23-18(13-22)7-12-33(27(35)30-23)21-8-10-31(11-9-21)25-14-24(28-17-29-25)26(34)32-15-19-3-2-4-20(19)16-32/h2-3,5-6,13-14,17,21H,4,7-12,15-16H2,1H3,(H,30,35). The van der Waals surface area contributed by atoms with E-state index in [1.165, 1.54) is 17.5 Å². The van der Waals surface area contributed by atoms with Crippen LogP contribution in [-0.2, 0) is 6.42 Å². The van der Waals surface area contributed by atoms with E-state index in [0.29, 0.717) is 25.3 Å². The molecule has 1 aromatic carbocycles. The van der Waals surface area contributed by atoms with Crippen molar-refractivity contribution in [1.29, 1.82) is 0 Å². The Hall–Kier alpha value is -3.88. The number of allylic oxidation sites excluding steroid dienone is 1. The number of hydrogen-bond donors (Lipinski definition) is 1. The lowest BCUT2D eigenvalue weighted by Crippen LogP contribution is -2.49. The minimum Gasteiger partial charge on any atom is -0.497 e. The molecule has 36 heavy (non-hydrogen) atoms. The number of ether oxygens (including phenoxy) is 1. The van der Waals surface area contributed by atoms with Gasteiger partial charge < -0.3 is 24.8 Å². The van der Waals surface area contributed by atoms with Crippen molar-refractivity contribution in [3.63, 3.8) is 0 Å². The number of hydrogen-bond acceptors (Lipinski definition) is 6. The Bertz CT molecular complexity index is 1260. The molecular formula is C27H30N6O3. The van der Waals surface area contributed by atoms with Crippen LogP contribution in [0.15, 0.2) is 53.9 Å². The van der Waals surface area contributed by atoms with Gasteiger partial charge in [0.25, 0.3) is 5.91 Å². The van der Waals surface area contributed by atoms with Gasteiger partial charge in [0.2, 0.25) is 0 Å². The average Bonchev–Trinajstić information content (AvgIpc) is 3.48. The molecule has 0 saturated carbocycles. The van der Waals surface area contributed by atoms with E-state index in [0.717, 1.165) is 61.6 Å². The van der Waals surface area contributed by atoms with Crippen LogP contribution >= 0.6 is 0 Å². The predicted octanol–water partition coefficient (Wildman–Crippen LogP) is 3.26. The largest absolute Gasteiger partial charge is 0.497 e. The van der Waals surface area contributed by atoms with Crippen LogP contribution in [0.2, 0.25) is 0 Å². The van der Waals surface area contributed by atoms with Crippen LogP contribution in [-0.4, -0.2) is 77.6 Å². The quantitative estimate of drug-likeness (QED) is 0.714. The highest BCUT2D eigenvalue weighted by molar-refractivity contribution is 5.94. The summed E-state index contributed by atoms with van der Waals surface area (Å²) < 4.78 is 5.34. The molecule has 1 saturated heterocycles. The fourth-order valence-corrected chi connectivity index (χ4v) is 5.67. The molecule has 4 aliphatic rings. The lowest BCUT2D eigenvalue weighted by atomic mass is 10.0. The molecule has 9 nitrogen and oxygen atoms in total. The fraction of sp³-hybridized carbons (Fsp3) is 0.407. The summed E-state index contributed by atoms with van der Waals surface area (Å²) in [5.74, 6) is 1.52. The smallest absolute Gasteiger partial charge is 0.322 e. The van der Waals surface area contributed by atoms with Gasteiger partial charge >= 0.3 is 6.03 Å². The van der Waals surface area contributed by atoms with Crippen molar-refractivity contribution in [2.45, 2.75) is 31.7 Å². The van der Waals surface area contributed by atoms with Gasteiger partial charge in [0, 0.05) is 50.5 Å². The second-order valence-corrected chi connectivity index (χ2v) is 9.77. The number of methoxy groups -OCH3 is 1. The number of fused-ring (bicyclic) bond motifs is 1. The maximum absolute atomic E-state index is 13.1. The molecular weight excluding hydrogens is 456 g/mol. The number of carbonyl (C=O) groups excluding carboxylic acids is 2. The van der Waals surface area contributed by atoms with Gasteiger partial charge in [-0.25, -0.2) is 14.8 Å². The average molecular weight is 487 g/mol. The van der Waals surface area contributed by atoms with Gasteiger partial charge in [-0.3, -0.25) is 4.79 Å². The molecule has 1 fully saturated rings. The molecule has 2 aromatic rings. The zero-order valence-corrected chi connectivity index (χ0v) is 20.4. The molecule has 9 heteroatoms. The third-order valence-electron chi connectivity index (χ3n) is 7.71. The van der Waals surface area contributed by atoms with Crippen LogP contribution in [0.25, 0.3) is 0 Å². The number of piperidine rings is 1. The molecule has 6 rings (SSSR count). The number of benzene rings is 1. The van der Waals surface area contributed by atoms with Crippen LogP contribution in [0, 0.1) is 0 Å². The Balaban J connectivity index is 1.08. The molecule has 3 amide bonds. The first-order chi connectivity index (χ1) is 17.6. The van der Waals surface area contributed by atoms with Gasteiger partial charge in [-0.1, -0.05) is 12.2 Å². The minimum atomic E-state index is -0.0479. The summed E-state index contributed by atoms with van der Waals surface area (Å²) in [6.45, 7) is 3.55. The lowest BCUT2D eigenvalue weighted by molar-refractivity contribution is 0.0790. The van der Waals surface area contributed by atoms with E-state index in [1.54, 1.807) is 7.11 Å². The van der Waals surface area contributed by atoms with Crippen molar-refractivity contribution >= 4 is 23.4 Å². The predicted molar refractivity (Wildman–Crippen MR) is 136 cm³/mol. The summed E-state index contributed by atoms with van der Waals surface area (Å²) in [5.41, 5.74) is 4.98. The summed E-state index contributed by atoms with van der Waals surface area (Å²) in [5, 5.41) is 3.07.